The van der Waals surface area contributed by atoms with Gasteiger partial charge < -0.3 is 4.90 Å². The minimum absolute atomic E-state index is 0.195. The van der Waals surface area contributed by atoms with Gasteiger partial charge in [0.15, 0.2) is 5.82 Å². The third kappa shape index (κ3) is 3.10. The Morgan fingerprint density at radius 3 is 2.90 bits per heavy atom. The SMILES string of the molecule is CN(C)CCn1ncc(Br)c1C(=O)c1ncccc1F. The highest BCUT2D eigenvalue weighted by Crippen LogP contribution is 2.20. The fourth-order valence-electron chi connectivity index (χ4n) is 1.72. The molecule has 2 rings (SSSR count). The lowest BCUT2D eigenvalue weighted by Gasteiger charge is -2.11. The molecule has 0 atom stereocenters. The Morgan fingerprint density at radius 2 is 2.25 bits per heavy atom. The fraction of sp³-hybridized carbons (Fsp3) is 0.308. The molecule has 5 nitrogen and oxygen atoms in total. The molecular formula is C13H14BrFN4O. The van der Waals surface area contributed by atoms with Crippen molar-refractivity contribution in [2.45, 2.75) is 6.54 Å². The number of rotatable bonds is 5. The van der Waals surface area contributed by atoms with Gasteiger partial charge in [0.2, 0.25) is 5.78 Å². The average molecular weight is 341 g/mol. The topological polar surface area (TPSA) is 51.0 Å². The fourth-order valence-corrected chi connectivity index (χ4v) is 2.19. The Balaban J connectivity index is 2.35. The minimum atomic E-state index is -0.634. The summed E-state index contributed by atoms with van der Waals surface area (Å²) in [7, 11) is 3.86. The quantitative estimate of drug-likeness (QED) is 0.781. The van der Waals surface area contributed by atoms with Crippen LogP contribution in [0.4, 0.5) is 4.39 Å². The van der Waals surface area contributed by atoms with Gasteiger partial charge in [0.25, 0.3) is 0 Å². The monoisotopic (exact) mass is 340 g/mol. The highest BCUT2D eigenvalue weighted by atomic mass is 79.9. The second kappa shape index (κ2) is 6.23. The number of carbonyl (C=O) groups excluding carboxylic acids is 1. The van der Waals surface area contributed by atoms with E-state index in [9.17, 15) is 9.18 Å². The van der Waals surface area contributed by atoms with E-state index >= 15 is 0 Å². The van der Waals surface area contributed by atoms with Crippen molar-refractivity contribution in [3.63, 3.8) is 0 Å². The van der Waals surface area contributed by atoms with Gasteiger partial charge in [0.05, 0.1) is 17.2 Å². The van der Waals surface area contributed by atoms with Gasteiger partial charge in [-0.15, -0.1) is 0 Å². The number of nitrogens with zero attached hydrogens (tertiary/aromatic N) is 4. The van der Waals surface area contributed by atoms with Crippen molar-refractivity contribution in [2.24, 2.45) is 0 Å². The molecule has 0 aliphatic rings. The van der Waals surface area contributed by atoms with Crippen molar-refractivity contribution in [1.82, 2.24) is 19.7 Å². The van der Waals surface area contributed by atoms with Crippen LogP contribution in [0.1, 0.15) is 16.2 Å². The normalized spacial score (nSPS) is 11.1. The minimum Gasteiger partial charge on any atom is -0.308 e. The number of hydrogen-bond donors (Lipinski definition) is 0. The molecule has 0 radical (unpaired) electrons. The molecule has 0 aromatic carbocycles. The number of hydrogen-bond acceptors (Lipinski definition) is 4. The molecule has 106 valence electrons. The van der Waals surface area contributed by atoms with Crippen LogP contribution in [0.15, 0.2) is 29.0 Å². The van der Waals surface area contributed by atoms with Crippen molar-refractivity contribution >= 4 is 21.7 Å². The van der Waals surface area contributed by atoms with Gasteiger partial charge in [-0.05, 0) is 42.2 Å². The maximum Gasteiger partial charge on any atom is 0.233 e. The molecule has 0 saturated carbocycles. The van der Waals surface area contributed by atoms with Crippen LogP contribution < -0.4 is 0 Å². The Kier molecular flexibility index (Phi) is 4.61. The zero-order valence-electron chi connectivity index (χ0n) is 11.2. The van der Waals surface area contributed by atoms with Crippen molar-refractivity contribution in [3.8, 4) is 0 Å². The number of likely N-dealkylation sites (N-methyl/N-ethyl adjacent to an activating group) is 1. The van der Waals surface area contributed by atoms with E-state index in [2.05, 4.69) is 26.0 Å². The Hall–Kier alpha value is -1.60. The van der Waals surface area contributed by atoms with E-state index in [-0.39, 0.29) is 5.69 Å². The number of halogens is 2. The van der Waals surface area contributed by atoms with E-state index in [1.165, 1.54) is 24.5 Å². The molecule has 0 aliphatic heterocycles. The van der Waals surface area contributed by atoms with E-state index in [0.717, 1.165) is 6.54 Å². The summed E-state index contributed by atoms with van der Waals surface area (Å²) >= 11 is 3.28. The first-order valence-corrected chi connectivity index (χ1v) is 6.81. The lowest BCUT2D eigenvalue weighted by molar-refractivity contribution is 0.101. The first-order chi connectivity index (χ1) is 9.50. The van der Waals surface area contributed by atoms with Crippen LogP contribution in [0.2, 0.25) is 0 Å². The van der Waals surface area contributed by atoms with E-state index in [0.29, 0.717) is 16.7 Å². The van der Waals surface area contributed by atoms with Crippen LogP contribution in [0.5, 0.6) is 0 Å². The van der Waals surface area contributed by atoms with Gasteiger partial charge in [0.1, 0.15) is 11.4 Å². The maximum atomic E-state index is 13.7. The molecule has 0 N–H and O–H groups in total. The molecule has 2 aromatic rings. The van der Waals surface area contributed by atoms with Crippen LogP contribution in [0.25, 0.3) is 0 Å². The molecule has 0 saturated heterocycles. The van der Waals surface area contributed by atoms with Crippen LogP contribution in [0, 0.1) is 5.82 Å². The number of aromatic nitrogens is 3. The molecule has 2 heterocycles. The average Bonchev–Trinajstić information content (AvgIpc) is 2.77. The van der Waals surface area contributed by atoms with Crippen LogP contribution >= 0.6 is 15.9 Å². The third-order valence-corrected chi connectivity index (χ3v) is 3.32. The zero-order valence-corrected chi connectivity index (χ0v) is 12.8. The van der Waals surface area contributed by atoms with Crippen LogP contribution in [-0.2, 0) is 6.54 Å². The maximum absolute atomic E-state index is 13.7. The van der Waals surface area contributed by atoms with Gasteiger partial charge in [0, 0.05) is 12.7 Å². The van der Waals surface area contributed by atoms with Crippen molar-refractivity contribution in [1.29, 1.82) is 0 Å². The molecule has 0 bridgehead atoms. The lowest BCUT2D eigenvalue weighted by Crippen LogP contribution is -2.22. The molecule has 7 heteroatoms. The largest absolute Gasteiger partial charge is 0.308 e. The predicted molar refractivity (Wildman–Crippen MR) is 76.1 cm³/mol. The van der Waals surface area contributed by atoms with E-state index in [4.69, 9.17) is 0 Å². The molecule has 0 amide bonds. The summed E-state index contributed by atoms with van der Waals surface area (Å²) < 4.78 is 15.8. The number of carbonyl (C=O) groups is 1. The molecule has 0 unspecified atom stereocenters. The molecule has 0 fully saturated rings. The van der Waals surface area contributed by atoms with Gasteiger partial charge >= 0.3 is 0 Å². The van der Waals surface area contributed by atoms with Gasteiger partial charge in [-0.2, -0.15) is 5.10 Å². The predicted octanol–water partition coefficient (Wildman–Crippen LogP) is 1.97. The van der Waals surface area contributed by atoms with E-state index < -0.39 is 11.6 Å². The second-order valence-electron chi connectivity index (χ2n) is 4.53. The summed E-state index contributed by atoms with van der Waals surface area (Å²) in [4.78, 5) is 18.2. The van der Waals surface area contributed by atoms with Gasteiger partial charge in [-0.25, -0.2) is 9.37 Å². The van der Waals surface area contributed by atoms with Crippen molar-refractivity contribution in [2.75, 3.05) is 20.6 Å². The zero-order chi connectivity index (χ0) is 14.7. The highest BCUT2D eigenvalue weighted by molar-refractivity contribution is 9.10. The molecule has 20 heavy (non-hydrogen) atoms. The third-order valence-electron chi connectivity index (χ3n) is 2.74. The first-order valence-electron chi connectivity index (χ1n) is 6.02. The van der Waals surface area contributed by atoms with E-state index in [1.54, 1.807) is 4.68 Å². The summed E-state index contributed by atoms with van der Waals surface area (Å²) in [6, 6.07) is 2.67. The summed E-state index contributed by atoms with van der Waals surface area (Å²) in [6.07, 6.45) is 2.93. The van der Waals surface area contributed by atoms with Crippen LogP contribution in [-0.4, -0.2) is 46.1 Å². The molecule has 0 aliphatic carbocycles. The smallest absolute Gasteiger partial charge is 0.233 e. The first kappa shape index (κ1) is 14.8. The summed E-state index contributed by atoms with van der Waals surface area (Å²) in [6.45, 7) is 1.26. The summed E-state index contributed by atoms with van der Waals surface area (Å²) in [5, 5.41) is 4.14. The van der Waals surface area contributed by atoms with Crippen molar-refractivity contribution in [3.05, 3.63) is 46.2 Å². The Bertz CT molecular complexity index is 627. The standard InChI is InChI=1S/C13H14BrFN4O/c1-18(2)6-7-19-12(9(14)8-17-19)13(20)11-10(15)4-3-5-16-11/h3-5,8H,6-7H2,1-2H3. The van der Waals surface area contributed by atoms with Gasteiger partial charge in [-0.3, -0.25) is 9.48 Å². The number of ketones is 1. The molecule has 0 spiro atoms. The Morgan fingerprint density at radius 1 is 1.50 bits per heavy atom. The van der Waals surface area contributed by atoms with Crippen molar-refractivity contribution < 1.29 is 9.18 Å². The summed E-state index contributed by atoms with van der Waals surface area (Å²) in [5.41, 5.74) is 0.115. The molecular weight excluding hydrogens is 327 g/mol. The second-order valence-corrected chi connectivity index (χ2v) is 5.38. The van der Waals surface area contributed by atoms with E-state index in [1.807, 2.05) is 19.0 Å². The summed E-state index contributed by atoms with van der Waals surface area (Å²) in [5.74, 6) is -1.11. The highest BCUT2D eigenvalue weighted by Gasteiger charge is 2.22. The van der Waals surface area contributed by atoms with Crippen LogP contribution in [0.3, 0.4) is 0 Å². The molecule has 2 aromatic heterocycles. The lowest BCUT2D eigenvalue weighted by atomic mass is 10.2. The van der Waals surface area contributed by atoms with Gasteiger partial charge in [-0.1, -0.05) is 0 Å². The number of pyridine rings is 1. The Labute approximate surface area is 124 Å².